The van der Waals surface area contributed by atoms with Crippen molar-refractivity contribution in [1.82, 2.24) is 15.2 Å². The van der Waals surface area contributed by atoms with Crippen molar-refractivity contribution in [1.29, 1.82) is 0 Å². The fourth-order valence-corrected chi connectivity index (χ4v) is 2.81. The van der Waals surface area contributed by atoms with Crippen molar-refractivity contribution in [2.75, 3.05) is 11.4 Å². The molecule has 3 heterocycles. The molecule has 4 nitrogen and oxygen atoms in total. The minimum absolute atomic E-state index is 0. The third-order valence-corrected chi connectivity index (χ3v) is 3.80. The van der Waals surface area contributed by atoms with E-state index in [1.807, 2.05) is 12.4 Å². The van der Waals surface area contributed by atoms with E-state index in [9.17, 15) is 0 Å². The lowest BCUT2D eigenvalue weighted by atomic mass is 9.99. The highest BCUT2D eigenvalue weighted by atomic mass is 35.5. The van der Waals surface area contributed by atoms with E-state index >= 15 is 0 Å². The molecule has 0 spiro atoms. The van der Waals surface area contributed by atoms with Crippen molar-refractivity contribution >= 4 is 29.1 Å². The maximum atomic E-state index is 4.44. The second-order valence-corrected chi connectivity index (χ2v) is 4.90. The number of fused-ring (bicyclic) bond motifs is 3. The van der Waals surface area contributed by atoms with Crippen LogP contribution in [0.1, 0.15) is 11.1 Å². The van der Waals surface area contributed by atoms with Crippen molar-refractivity contribution < 1.29 is 0 Å². The summed E-state index contributed by atoms with van der Waals surface area (Å²) in [4.78, 5) is 6.84. The molecule has 20 heavy (non-hydrogen) atoms. The summed E-state index contributed by atoms with van der Waals surface area (Å²) >= 11 is 0. The van der Waals surface area contributed by atoms with Gasteiger partial charge in [-0.2, -0.15) is 5.10 Å². The Morgan fingerprint density at radius 1 is 1.10 bits per heavy atom. The minimum atomic E-state index is 0. The van der Waals surface area contributed by atoms with Crippen LogP contribution in [0.25, 0.3) is 11.0 Å². The number of aromatic amines is 1. The number of benzene rings is 1. The molecule has 0 fully saturated rings. The fraction of sp³-hybridized carbons (Fsp3) is 0.200. The zero-order valence-corrected chi connectivity index (χ0v) is 11.7. The normalized spacial score (nSPS) is 13.9. The van der Waals surface area contributed by atoms with Gasteiger partial charge >= 0.3 is 0 Å². The van der Waals surface area contributed by atoms with Gasteiger partial charge in [0.05, 0.1) is 6.20 Å². The number of pyridine rings is 1. The van der Waals surface area contributed by atoms with Gasteiger partial charge in [-0.25, -0.2) is 4.98 Å². The van der Waals surface area contributed by atoms with Gasteiger partial charge in [-0.05, 0) is 29.7 Å². The van der Waals surface area contributed by atoms with E-state index in [4.69, 9.17) is 0 Å². The molecule has 3 aromatic rings. The lowest BCUT2D eigenvalue weighted by Gasteiger charge is -2.30. The van der Waals surface area contributed by atoms with E-state index in [-0.39, 0.29) is 12.4 Å². The number of hydrogen-bond donors (Lipinski definition) is 1. The van der Waals surface area contributed by atoms with Crippen LogP contribution in [0.15, 0.2) is 42.7 Å². The largest absolute Gasteiger partial charge is 0.367 e. The first-order valence-corrected chi connectivity index (χ1v) is 6.51. The summed E-state index contributed by atoms with van der Waals surface area (Å²) in [5, 5.41) is 8.19. The monoisotopic (exact) mass is 286 g/mol. The first-order valence-electron chi connectivity index (χ1n) is 6.51. The molecule has 1 aromatic carbocycles. The average Bonchev–Trinajstić information content (AvgIpc) is 2.96. The zero-order valence-electron chi connectivity index (χ0n) is 10.9. The second-order valence-electron chi connectivity index (χ2n) is 4.90. The van der Waals surface area contributed by atoms with Gasteiger partial charge in [0.2, 0.25) is 0 Å². The second kappa shape index (κ2) is 5.13. The minimum Gasteiger partial charge on any atom is -0.367 e. The van der Waals surface area contributed by atoms with Crippen LogP contribution in [0.4, 0.5) is 5.69 Å². The maximum Gasteiger partial charge on any atom is 0.155 e. The third kappa shape index (κ3) is 2.02. The van der Waals surface area contributed by atoms with E-state index in [0.717, 1.165) is 25.2 Å². The Balaban J connectivity index is 0.00000121. The van der Waals surface area contributed by atoms with Crippen LogP contribution in [0.5, 0.6) is 0 Å². The van der Waals surface area contributed by atoms with Gasteiger partial charge in [0.15, 0.2) is 5.65 Å². The van der Waals surface area contributed by atoms with Crippen molar-refractivity contribution in [2.24, 2.45) is 0 Å². The van der Waals surface area contributed by atoms with E-state index in [0.29, 0.717) is 0 Å². The summed E-state index contributed by atoms with van der Waals surface area (Å²) in [5.74, 6) is 0. The van der Waals surface area contributed by atoms with E-state index in [2.05, 4.69) is 50.4 Å². The van der Waals surface area contributed by atoms with Gasteiger partial charge in [-0.15, -0.1) is 12.4 Å². The van der Waals surface area contributed by atoms with Crippen molar-refractivity contribution in [2.45, 2.75) is 13.0 Å². The highest BCUT2D eigenvalue weighted by molar-refractivity contribution is 5.85. The molecule has 0 bridgehead atoms. The van der Waals surface area contributed by atoms with Crippen LogP contribution < -0.4 is 4.90 Å². The van der Waals surface area contributed by atoms with Crippen LogP contribution in [0.3, 0.4) is 0 Å². The Hall–Kier alpha value is -2.07. The summed E-state index contributed by atoms with van der Waals surface area (Å²) in [6.45, 7) is 1.97. The Morgan fingerprint density at radius 3 is 2.80 bits per heavy atom. The highest BCUT2D eigenvalue weighted by Gasteiger charge is 2.19. The molecule has 0 saturated carbocycles. The third-order valence-electron chi connectivity index (χ3n) is 3.80. The smallest absolute Gasteiger partial charge is 0.155 e. The molecule has 0 radical (unpaired) electrons. The number of nitrogens with one attached hydrogen (secondary N) is 1. The molecular formula is C15H15ClN4. The molecule has 1 N–H and O–H groups in total. The summed E-state index contributed by atoms with van der Waals surface area (Å²) in [7, 11) is 0. The number of para-hydroxylation sites is 1. The average molecular weight is 287 g/mol. The molecule has 1 aliphatic heterocycles. The molecule has 0 saturated heterocycles. The summed E-state index contributed by atoms with van der Waals surface area (Å²) in [6.07, 6.45) is 4.91. The van der Waals surface area contributed by atoms with Gasteiger partial charge < -0.3 is 4.90 Å². The molecule has 2 aromatic heterocycles. The predicted molar refractivity (Wildman–Crippen MR) is 82.3 cm³/mol. The summed E-state index contributed by atoms with van der Waals surface area (Å²) < 4.78 is 0. The van der Waals surface area contributed by atoms with Gasteiger partial charge in [0.1, 0.15) is 0 Å². The Bertz CT molecular complexity index is 723. The summed E-state index contributed by atoms with van der Waals surface area (Å²) in [6, 6.07) is 10.5. The van der Waals surface area contributed by atoms with Crippen LogP contribution >= 0.6 is 12.4 Å². The van der Waals surface area contributed by atoms with Crippen molar-refractivity contribution in [3.8, 4) is 0 Å². The van der Waals surface area contributed by atoms with Crippen LogP contribution in [-0.4, -0.2) is 21.7 Å². The van der Waals surface area contributed by atoms with Gasteiger partial charge in [-0.1, -0.05) is 18.2 Å². The summed E-state index contributed by atoms with van der Waals surface area (Å²) in [5.41, 5.74) is 4.88. The molecular weight excluding hydrogens is 272 g/mol. The van der Waals surface area contributed by atoms with Crippen molar-refractivity contribution in [3.63, 3.8) is 0 Å². The highest BCUT2D eigenvalue weighted by Crippen LogP contribution is 2.27. The maximum absolute atomic E-state index is 4.44. The van der Waals surface area contributed by atoms with E-state index in [1.165, 1.54) is 22.2 Å². The molecule has 1 aliphatic rings. The number of nitrogens with zero attached hydrogens (tertiary/aromatic N) is 3. The number of rotatable bonds is 1. The molecule has 5 heteroatoms. The molecule has 0 aliphatic carbocycles. The molecule has 4 rings (SSSR count). The molecule has 0 atom stereocenters. The van der Waals surface area contributed by atoms with Crippen molar-refractivity contribution in [3.05, 3.63) is 53.9 Å². The van der Waals surface area contributed by atoms with Gasteiger partial charge in [0, 0.05) is 30.4 Å². The predicted octanol–water partition coefficient (Wildman–Crippen LogP) is 2.94. The molecule has 0 unspecified atom stereocenters. The Morgan fingerprint density at radius 2 is 1.95 bits per heavy atom. The topological polar surface area (TPSA) is 44.8 Å². The Labute approximate surface area is 123 Å². The SMILES string of the molecule is Cl.c1ccc(N2CCc3c(cnc4[nH]ncc34)C2)cc1. The lowest BCUT2D eigenvalue weighted by Crippen LogP contribution is -2.30. The molecule has 0 amide bonds. The molecule has 102 valence electrons. The number of halogens is 1. The quantitative estimate of drug-likeness (QED) is 0.748. The van der Waals surface area contributed by atoms with Crippen LogP contribution in [-0.2, 0) is 13.0 Å². The van der Waals surface area contributed by atoms with E-state index < -0.39 is 0 Å². The van der Waals surface area contributed by atoms with Gasteiger partial charge in [-0.3, -0.25) is 5.10 Å². The number of aromatic nitrogens is 3. The standard InChI is InChI=1S/C15H14N4.ClH/c1-2-4-12(5-3-1)19-7-6-13-11(10-19)8-16-15-14(13)9-17-18-15;/h1-5,8-9H,6-7,10H2,(H,16,17,18);1H. The lowest BCUT2D eigenvalue weighted by molar-refractivity contribution is 0.733. The zero-order chi connectivity index (χ0) is 12.7. The van der Waals surface area contributed by atoms with Gasteiger partial charge in [0.25, 0.3) is 0 Å². The van der Waals surface area contributed by atoms with Crippen LogP contribution in [0, 0.1) is 0 Å². The van der Waals surface area contributed by atoms with E-state index in [1.54, 1.807) is 0 Å². The first-order chi connectivity index (χ1) is 9.42. The Kier molecular flexibility index (Phi) is 3.32. The number of anilines is 1. The van der Waals surface area contributed by atoms with Crippen LogP contribution in [0.2, 0.25) is 0 Å². The fourth-order valence-electron chi connectivity index (χ4n) is 2.81. The number of H-pyrrole nitrogens is 1. The first kappa shape index (κ1) is 12.9. The number of hydrogen-bond acceptors (Lipinski definition) is 3.